The number of hydrogen-bond acceptors (Lipinski definition) is 3. The second kappa shape index (κ2) is 8.03. The van der Waals surface area contributed by atoms with Crippen LogP contribution in [0.4, 0.5) is 0 Å². The molecule has 140 valence electrons. The zero-order chi connectivity index (χ0) is 18.7. The summed E-state index contributed by atoms with van der Waals surface area (Å²) < 4.78 is 27.0. The standard InChI is InChI=1S/C17H26ClN3O3S/c1-17(2,3)19-16(22)13-20-9-4-10-21(12-11-20)25(23,24)15-7-5-14(18)6-8-15/h5-8H,4,9-13H2,1-3H3,(H,19,22)/p+1. The maximum atomic E-state index is 12.8. The van der Waals surface area contributed by atoms with Gasteiger partial charge in [-0.25, -0.2) is 8.42 Å². The Balaban J connectivity index is 1.99. The van der Waals surface area contributed by atoms with Gasteiger partial charge in [0.2, 0.25) is 10.0 Å². The Morgan fingerprint density at radius 1 is 1.20 bits per heavy atom. The maximum Gasteiger partial charge on any atom is 0.275 e. The SMILES string of the molecule is CC(C)(C)NC(=O)C[NH+]1CCCN(S(=O)(=O)c2ccc(Cl)cc2)CC1. The van der Waals surface area contributed by atoms with Crippen LogP contribution in [0.3, 0.4) is 0 Å². The summed E-state index contributed by atoms with van der Waals surface area (Å²) >= 11 is 5.84. The molecule has 1 unspecified atom stereocenters. The molecule has 0 aliphatic carbocycles. The summed E-state index contributed by atoms with van der Waals surface area (Å²) in [5.74, 6) is -0.00323. The van der Waals surface area contributed by atoms with Gasteiger partial charge >= 0.3 is 0 Å². The number of nitrogens with zero attached hydrogens (tertiary/aromatic N) is 1. The molecule has 1 heterocycles. The number of nitrogens with one attached hydrogen (secondary N) is 2. The quantitative estimate of drug-likeness (QED) is 0.790. The van der Waals surface area contributed by atoms with Crippen molar-refractivity contribution in [1.29, 1.82) is 0 Å². The van der Waals surface area contributed by atoms with Crippen LogP contribution in [-0.4, -0.2) is 56.9 Å². The first-order valence-electron chi connectivity index (χ1n) is 8.48. The third-order valence-electron chi connectivity index (χ3n) is 4.03. The minimum atomic E-state index is -3.52. The lowest BCUT2D eigenvalue weighted by Gasteiger charge is -2.23. The number of quaternary nitrogens is 1. The Kier molecular flexibility index (Phi) is 6.48. The van der Waals surface area contributed by atoms with Crippen LogP contribution in [0.1, 0.15) is 27.2 Å². The lowest BCUT2D eigenvalue weighted by Crippen LogP contribution is -3.13. The molecular formula is C17H27ClN3O3S+. The second-order valence-corrected chi connectivity index (χ2v) is 9.81. The molecule has 1 fully saturated rings. The van der Waals surface area contributed by atoms with E-state index in [-0.39, 0.29) is 16.3 Å². The van der Waals surface area contributed by atoms with Gasteiger partial charge in [-0.2, -0.15) is 4.31 Å². The van der Waals surface area contributed by atoms with Crippen molar-refractivity contribution in [3.05, 3.63) is 29.3 Å². The van der Waals surface area contributed by atoms with E-state index in [0.717, 1.165) is 17.9 Å². The molecule has 0 radical (unpaired) electrons. The van der Waals surface area contributed by atoms with Crippen LogP contribution < -0.4 is 10.2 Å². The highest BCUT2D eigenvalue weighted by atomic mass is 35.5. The predicted octanol–water partition coefficient (Wildman–Crippen LogP) is 0.534. The average molecular weight is 389 g/mol. The van der Waals surface area contributed by atoms with E-state index in [0.29, 0.717) is 31.2 Å². The van der Waals surface area contributed by atoms with Gasteiger partial charge in [-0.15, -0.1) is 0 Å². The van der Waals surface area contributed by atoms with Crippen LogP contribution in [0.2, 0.25) is 5.02 Å². The molecule has 1 aromatic rings. The van der Waals surface area contributed by atoms with Crippen molar-refractivity contribution in [3.8, 4) is 0 Å². The van der Waals surface area contributed by atoms with Crippen LogP contribution in [0.25, 0.3) is 0 Å². The third-order valence-corrected chi connectivity index (χ3v) is 6.19. The van der Waals surface area contributed by atoms with Crippen molar-refractivity contribution in [1.82, 2.24) is 9.62 Å². The first-order chi connectivity index (χ1) is 11.6. The molecular weight excluding hydrogens is 362 g/mol. The first kappa shape index (κ1) is 20.2. The lowest BCUT2D eigenvalue weighted by molar-refractivity contribution is -0.889. The van der Waals surface area contributed by atoms with E-state index >= 15 is 0 Å². The van der Waals surface area contributed by atoms with Crippen molar-refractivity contribution in [3.63, 3.8) is 0 Å². The molecule has 0 aromatic heterocycles. The number of rotatable bonds is 4. The van der Waals surface area contributed by atoms with Gasteiger partial charge in [-0.1, -0.05) is 11.6 Å². The molecule has 1 aliphatic heterocycles. The predicted molar refractivity (Wildman–Crippen MR) is 98.3 cm³/mol. The molecule has 1 saturated heterocycles. The van der Waals surface area contributed by atoms with Crippen molar-refractivity contribution in [2.75, 3.05) is 32.7 Å². The van der Waals surface area contributed by atoms with E-state index in [1.807, 2.05) is 20.8 Å². The highest BCUT2D eigenvalue weighted by Crippen LogP contribution is 2.18. The summed E-state index contributed by atoms with van der Waals surface area (Å²) in [5.41, 5.74) is -0.258. The maximum absolute atomic E-state index is 12.8. The van der Waals surface area contributed by atoms with Crippen molar-refractivity contribution < 1.29 is 18.1 Å². The number of benzene rings is 1. The smallest absolute Gasteiger partial charge is 0.275 e. The molecule has 6 nitrogen and oxygen atoms in total. The summed E-state index contributed by atoms with van der Waals surface area (Å²) in [6.07, 6.45) is 0.727. The summed E-state index contributed by atoms with van der Waals surface area (Å²) in [6, 6.07) is 6.23. The van der Waals surface area contributed by atoms with Gasteiger partial charge in [0, 0.05) is 23.5 Å². The van der Waals surface area contributed by atoms with Gasteiger partial charge in [-0.3, -0.25) is 4.79 Å². The van der Waals surface area contributed by atoms with E-state index in [2.05, 4.69) is 5.32 Å². The summed E-state index contributed by atoms with van der Waals surface area (Å²) in [6.45, 7) is 8.48. The van der Waals surface area contributed by atoms with Gasteiger partial charge in [0.15, 0.2) is 6.54 Å². The Hall–Kier alpha value is -1.15. The number of carbonyl (C=O) groups is 1. The normalized spacial score (nSPS) is 20.1. The molecule has 2 N–H and O–H groups in total. The van der Waals surface area contributed by atoms with Crippen LogP contribution in [-0.2, 0) is 14.8 Å². The van der Waals surface area contributed by atoms with E-state index < -0.39 is 10.0 Å². The highest BCUT2D eigenvalue weighted by molar-refractivity contribution is 7.89. The molecule has 1 atom stereocenters. The number of hydrogen-bond donors (Lipinski definition) is 2. The Labute approximate surface area is 155 Å². The summed E-state index contributed by atoms with van der Waals surface area (Å²) in [4.78, 5) is 13.5. The van der Waals surface area contributed by atoms with Crippen molar-refractivity contribution >= 4 is 27.5 Å². The molecule has 1 amide bonds. The van der Waals surface area contributed by atoms with E-state index in [9.17, 15) is 13.2 Å². The van der Waals surface area contributed by atoms with Gasteiger partial charge in [0.25, 0.3) is 5.91 Å². The van der Waals surface area contributed by atoms with E-state index in [4.69, 9.17) is 11.6 Å². The molecule has 0 spiro atoms. The minimum absolute atomic E-state index is 0.00323. The number of halogens is 1. The van der Waals surface area contributed by atoms with E-state index in [1.165, 1.54) is 16.4 Å². The molecule has 8 heteroatoms. The number of sulfonamides is 1. The van der Waals surface area contributed by atoms with Gasteiger partial charge in [-0.05, 0) is 45.0 Å². The molecule has 0 saturated carbocycles. The second-order valence-electron chi connectivity index (χ2n) is 7.44. The molecule has 2 rings (SSSR count). The zero-order valence-electron chi connectivity index (χ0n) is 15.0. The minimum Gasteiger partial charge on any atom is -0.347 e. The summed E-state index contributed by atoms with van der Waals surface area (Å²) in [7, 11) is -3.52. The molecule has 25 heavy (non-hydrogen) atoms. The monoisotopic (exact) mass is 388 g/mol. The Morgan fingerprint density at radius 2 is 1.84 bits per heavy atom. The third kappa shape index (κ3) is 5.95. The fourth-order valence-corrected chi connectivity index (χ4v) is 4.49. The summed E-state index contributed by atoms with van der Waals surface area (Å²) in [5, 5.41) is 3.46. The van der Waals surface area contributed by atoms with Crippen LogP contribution in [0.15, 0.2) is 29.2 Å². The van der Waals surface area contributed by atoms with Crippen molar-refractivity contribution in [2.24, 2.45) is 0 Å². The Morgan fingerprint density at radius 3 is 2.44 bits per heavy atom. The Bertz CT molecular complexity index is 699. The highest BCUT2D eigenvalue weighted by Gasteiger charge is 2.29. The van der Waals surface area contributed by atoms with Gasteiger partial charge in [0.05, 0.1) is 24.5 Å². The molecule has 1 aromatic carbocycles. The van der Waals surface area contributed by atoms with Crippen molar-refractivity contribution in [2.45, 2.75) is 37.6 Å². The largest absolute Gasteiger partial charge is 0.347 e. The van der Waals surface area contributed by atoms with E-state index in [1.54, 1.807) is 12.1 Å². The first-order valence-corrected chi connectivity index (χ1v) is 10.3. The van der Waals surface area contributed by atoms with Crippen LogP contribution >= 0.6 is 11.6 Å². The van der Waals surface area contributed by atoms with Gasteiger partial charge < -0.3 is 10.2 Å². The van der Waals surface area contributed by atoms with Gasteiger partial charge in [0.1, 0.15) is 0 Å². The fourth-order valence-electron chi connectivity index (χ4n) is 2.89. The topological polar surface area (TPSA) is 70.9 Å². The van der Waals surface area contributed by atoms with Crippen LogP contribution in [0.5, 0.6) is 0 Å². The lowest BCUT2D eigenvalue weighted by atomic mass is 10.1. The van der Waals surface area contributed by atoms with Crippen LogP contribution in [0, 0.1) is 0 Å². The number of amides is 1. The molecule has 1 aliphatic rings. The number of carbonyl (C=O) groups excluding carboxylic acids is 1. The zero-order valence-corrected chi connectivity index (χ0v) is 16.6. The molecule has 0 bridgehead atoms. The fraction of sp³-hybridized carbons (Fsp3) is 0.588. The average Bonchev–Trinajstić information content (AvgIpc) is 2.71.